The SMILES string of the molecule is C=CCC1CCC(=O)N2CCCC12. The van der Waals surface area contributed by atoms with Crippen molar-refractivity contribution in [1.29, 1.82) is 0 Å². The van der Waals surface area contributed by atoms with Gasteiger partial charge in [-0.3, -0.25) is 4.79 Å². The largest absolute Gasteiger partial charge is 0.339 e. The van der Waals surface area contributed by atoms with Crippen LogP contribution in [0.4, 0.5) is 0 Å². The number of hydrogen-bond donors (Lipinski definition) is 0. The third-order valence-corrected chi connectivity index (χ3v) is 3.36. The van der Waals surface area contributed by atoms with E-state index < -0.39 is 0 Å². The van der Waals surface area contributed by atoms with Crippen LogP contribution in [0.5, 0.6) is 0 Å². The Morgan fingerprint density at radius 3 is 3.15 bits per heavy atom. The van der Waals surface area contributed by atoms with Crippen LogP contribution in [0.15, 0.2) is 12.7 Å². The lowest BCUT2D eigenvalue weighted by Gasteiger charge is -2.36. The third kappa shape index (κ3) is 1.50. The number of piperidine rings is 1. The number of nitrogens with zero attached hydrogens (tertiary/aromatic N) is 1. The second-order valence-electron chi connectivity index (χ2n) is 4.12. The van der Waals surface area contributed by atoms with Gasteiger partial charge in [-0.2, -0.15) is 0 Å². The van der Waals surface area contributed by atoms with Crippen molar-refractivity contribution in [3.8, 4) is 0 Å². The fourth-order valence-corrected chi connectivity index (χ4v) is 2.73. The van der Waals surface area contributed by atoms with Gasteiger partial charge in [-0.1, -0.05) is 6.08 Å². The van der Waals surface area contributed by atoms with Crippen molar-refractivity contribution in [2.75, 3.05) is 6.54 Å². The van der Waals surface area contributed by atoms with Gasteiger partial charge >= 0.3 is 0 Å². The van der Waals surface area contributed by atoms with Gasteiger partial charge in [0, 0.05) is 19.0 Å². The van der Waals surface area contributed by atoms with Crippen molar-refractivity contribution >= 4 is 5.91 Å². The summed E-state index contributed by atoms with van der Waals surface area (Å²) in [6, 6.07) is 0.541. The molecule has 2 aliphatic rings. The molecule has 2 heterocycles. The maximum Gasteiger partial charge on any atom is 0.222 e. The van der Waals surface area contributed by atoms with Gasteiger partial charge in [0.25, 0.3) is 0 Å². The molecule has 0 N–H and O–H groups in total. The summed E-state index contributed by atoms with van der Waals surface area (Å²) in [5, 5.41) is 0. The van der Waals surface area contributed by atoms with Gasteiger partial charge in [0.05, 0.1) is 0 Å². The number of rotatable bonds is 2. The van der Waals surface area contributed by atoms with E-state index in [0.717, 1.165) is 25.8 Å². The minimum atomic E-state index is 0.378. The molecule has 2 rings (SSSR count). The molecular weight excluding hydrogens is 162 g/mol. The molecule has 1 amide bonds. The van der Waals surface area contributed by atoms with Gasteiger partial charge in [-0.15, -0.1) is 6.58 Å². The van der Waals surface area contributed by atoms with Crippen molar-refractivity contribution < 1.29 is 4.79 Å². The Balaban J connectivity index is 2.07. The van der Waals surface area contributed by atoms with Gasteiger partial charge in [0.2, 0.25) is 5.91 Å². The highest BCUT2D eigenvalue weighted by atomic mass is 16.2. The normalized spacial score (nSPS) is 33.2. The Labute approximate surface area is 79.6 Å². The van der Waals surface area contributed by atoms with Gasteiger partial charge in [-0.25, -0.2) is 0 Å². The van der Waals surface area contributed by atoms with Crippen molar-refractivity contribution in [1.82, 2.24) is 4.90 Å². The van der Waals surface area contributed by atoms with Crippen LogP contribution in [0.1, 0.15) is 32.1 Å². The van der Waals surface area contributed by atoms with Crippen molar-refractivity contribution in [2.45, 2.75) is 38.1 Å². The predicted molar refractivity (Wildman–Crippen MR) is 52.3 cm³/mol. The summed E-state index contributed by atoms with van der Waals surface area (Å²) in [6.45, 7) is 4.78. The first-order chi connectivity index (χ1) is 6.33. The first kappa shape index (κ1) is 8.79. The van der Waals surface area contributed by atoms with Crippen LogP contribution in [0, 0.1) is 5.92 Å². The Kier molecular flexibility index (Phi) is 2.38. The zero-order chi connectivity index (χ0) is 9.26. The van der Waals surface area contributed by atoms with Crippen LogP contribution >= 0.6 is 0 Å². The Morgan fingerprint density at radius 2 is 2.38 bits per heavy atom. The number of carbonyl (C=O) groups excluding carboxylic acids is 1. The lowest BCUT2D eigenvalue weighted by molar-refractivity contribution is -0.136. The van der Waals surface area contributed by atoms with E-state index in [1.54, 1.807) is 0 Å². The first-order valence-corrected chi connectivity index (χ1v) is 5.23. The minimum Gasteiger partial charge on any atom is -0.339 e. The van der Waals surface area contributed by atoms with E-state index in [2.05, 4.69) is 11.5 Å². The van der Waals surface area contributed by atoms with Crippen LogP contribution in [0.25, 0.3) is 0 Å². The van der Waals surface area contributed by atoms with Gasteiger partial charge < -0.3 is 4.90 Å². The average molecular weight is 179 g/mol. The zero-order valence-electron chi connectivity index (χ0n) is 8.04. The summed E-state index contributed by atoms with van der Waals surface area (Å²) < 4.78 is 0. The first-order valence-electron chi connectivity index (χ1n) is 5.23. The molecular formula is C11H17NO. The second-order valence-corrected chi connectivity index (χ2v) is 4.12. The lowest BCUT2D eigenvalue weighted by atomic mass is 9.86. The van der Waals surface area contributed by atoms with E-state index in [1.807, 2.05) is 6.08 Å². The quantitative estimate of drug-likeness (QED) is 0.593. The molecule has 2 unspecified atom stereocenters. The third-order valence-electron chi connectivity index (χ3n) is 3.36. The fraction of sp³-hybridized carbons (Fsp3) is 0.727. The molecule has 0 aliphatic carbocycles. The molecule has 0 aromatic carbocycles. The second kappa shape index (κ2) is 3.52. The summed E-state index contributed by atoms with van der Waals surface area (Å²) in [7, 11) is 0. The van der Waals surface area contributed by atoms with Crippen molar-refractivity contribution in [3.05, 3.63) is 12.7 Å². The molecule has 2 saturated heterocycles. The average Bonchev–Trinajstić information content (AvgIpc) is 2.59. The maximum absolute atomic E-state index is 11.5. The van der Waals surface area contributed by atoms with E-state index in [4.69, 9.17) is 0 Å². The fourth-order valence-electron chi connectivity index (χ4n) is 2.73. The molecule has 13 heavy (non-hydrogen) atoms. The molecule has 0 saturated carbocycles. The predicted octanol–water partition coefficient (Wildman–Crippen LogP) is 1.96. The Morgan fingerprint density at radius 1 is 1.54 bits per heavy atom. The van der Waals surface area contributed by atoms with Crippen LogP contribution in [0.3, 0.4) is 0 Å². The number of carbonyl (C=O) groups is 1. The molecule has 2 nitrogen and oxygen atoms in total. The summed E-state index contributed by atoms with van der Waals surface area (Å²) in [5.74, 6) is 1.07. The zero-order valence-corrected chi connectivity index (χ0v) is 8.04. The molecule has 2 atom stereocenters. The molecule has 2 aliphatic heterocycles. The molecule has 0 bridgehead atoms. The van der Waals surface area contributed by atoms with Crippen LogP contribution in [-0.4, -0.2) is 23.4 Å². The van der Waals surface area contributed by atoms with E-state index in [9.17, 15) is 4.79 Å². The van der Waals surface area contributed by atoms with Crippen molar-refractivity contribution in [3.63, 3.8) is 0 Å². The van der Waals surface area contributed by atoms with Crippen molar-refractivity contribution in [2.24, 2.45) is 5.92 Å². The van der Waals surface area contributed by atoms with Gasteiger partial charge in [-0.05, 0) is 31.6 Å². The molecule has 2 heteroatoms. The lowest BCUT2D eigenvalue weighted by Crippen LogP contribution is -2.44. The highest BCUT2D eigenvalue weighted by Crippen LogP contribution is 2.34. The van der Waals surface area contributed by atoms with Crippen LogP contribution in [0.2, 0.25) is 0 Å². The highest BCUT2D eigenvalue weighted by Gasteiger charge is 2.37. The van der Waals surface area contributed by atoms with E-state index >= 15 is 0 Å². The van der Waals surface area contributed by atoms with Crippen LogP contribution < -0.4 is 0 Å². The molecule has 2 fully saturated rings. The monoisotopic (exact) mass is 179 g/mol. The molecule has 0 aromatic heterocycles. The number of allylic oxidation sites excluding steroid dienone is 1. The number of hydrogen-bond acceptors (Lipinski definition) is 1. The van der Waals surface area contributed by atoms with Gasteiger partial charge in [0.1, 0.15) is 0 Å². The molecule has 0 spiro atoms. The molecule has 0 aromatic rings. The topological polar surface area (TPSA) is 20.3 Å². The van der Waals surface area contributed by atoms with E-state index in [0.29, 0.717) is 17.9 Å². The summed E-state index contributed by atoms with van der Waals surface area (Å²) in [4.78, 5) is 13.6. The van der Waals surface area contributed by atoms with E-state index in [1.165, 1.54) is 12.8 Å². The molecule has 0 radical (unpaired) electrons. The minimum absolute atomic E-state index is 0.378. The summed E-state index contributed by atoms with van der Waals surface area (Å²) >= 11 is 0. The number of amides is 1. The number of fused-ring (bicyclic) bond motifs is 1. The highest BCUT2D eigenvalue weighted by molar-refractivity contribution is 5.77. The summed E-state index contributed by atoms with van der Waals surface area (Å²) in [5.41, 5.74) is 0. The van der Waals surface area contributed by atoms with Gasteiger partial charge in [0.15, 0.2) is 0 Å². The smallest absolute Gasteiger partial charge is 0.222 e. The summed E-state index contributed by atoms with van der Waals surface area (Å²) in [6.07, 6.45) is 7.32. The molecule has 72 valence electrons. The maximum atomic E-state index is 11.5. The van der Waals surface area contributed by atoms with Crippen LogP contribution in [-0.2, 0) is 4.79 Å². The standard InChI is InChI=1S/C11H17NO/c1-2-4-9-6-7-11(13)12-8-3-5-10(9)12/h2,9-10H,1,3-8H2. The Hall–Kier alpha value is -0.790. The van der Waals surface area contributed by atoms with E-state index in [-0.39, 0.29) is 0 Å². The Bertz CT molecular complexity index is 224.